The van der Waals surface area contributed by atoms with Crippen LogP contribution in [0.1, 0.15) is 68.7 Å². The quantitative estimate of drug-likeness (QED) is 0.0508. The second kappa shape index (κ2) is 32.7. The molecule has 564 valence electrons. The van der Waals surface area contributed by atoms with Crippen molar-refractivity contribution in [3.8, 4) is 0 Å². The van der Waals surface area contributed by atoms with Gasteiger partial charge in [0, 0.05) is 57.2 Å². The van der Waals surface area contributed by atoms with Gasteiger partial charge in [0.05, 0.1) is 38.8 Å². The van der Waals surface area contributed by atoms with Gasteiger partial charge in [-0.1, -0.05) is 91.0 Å². The van der Waals surface area contributed by atoms with Crippen LogP contribution in [-0.2, 0) is 76.3 Å². The summed E-state index contributed by atoms with van der Waals surface area (Å²) in [6.45, 7) is 9.07. The highest BCUT2D eigenvalue weighted by atomic mass is 31.2. The van der Waals surface area contributed by atoms with Crippen molar-refractivity contribution in [2.75, 3.05) is 75.4 Å². The third kappa shape index (κ3) is 17.6. The summed E-state index contributed by atoms with van der Waals surface area (Å²) in [6.07, 6.45) is -0.931. The van der Waals surface area contributed by atoms with Crippen molar-refractivity contribution in [2.24, 2.45) is 0 Å². The van der Waals surface area contributed by atoms with Crippen LogP contribution in [0.3, 0.4) is 0 Å². The molecule has 0 spiro atoms. The van der Waals surface area contributed by atoms with E-state index in [4.69, 9.17) is 56.2 Å². The van der Waals surface area contributed by atoms with E-state index in [-0.39, 0.29) is 37.3 Å². The standard InChI is InChI=1S/C22H27N6O7P.2C21H25N6O7P/c1-3-23-22(29)27-19-16-20(25-11-24-19)28(12-26-16)21-18-17(14(33-21)10-32-36(2,30)31)34-15(35-18)9-13-7-5-4-6-8-13;2*1-3-22-21(28)26-17-14-18(24-10-23-17)27(11-25-14)19-16-15(13(32-19)9-31-35(2,29)30)33-20(34-16)12-7-5-4-6-8-12/h4-8,11-12,14-15,17-18,21H,3,9-10H2,1-2H3,(H,30,31)(H2,23,24,25,27,29);2*4-8,10-11,13,15-16,19-20H,3,9H2,1-2H3,(H,29,30)(H2,22,23,24,26,28)/p-3/t14-,15?,17?,18+,21-;13-,15?,16+,19-,20+;13-,15?,16+,19-,20-/m111/s1. The molecule has 6 aromatic heterocycles. The maximum absolute atomic E-state index is 12.0. The normalized spacial score (nSPS) is 27.3. The number of benzene rings is 3. The molecule has 0 radical (unpaired) electrons. The number of amides is 6. The summed E-state index contributed by atoms with van der Waals surface area (Å²) in [5.74, 6) is 0.708. The Balaban J connectivity index is 0.000000141. The van der Waals surface area contributed by atoms with Crippen molar-refractivity contribution >= 4 is 91.8 Å². The summed E-state index contributed by atoms with van der Waals surface area (Å²) in [5, 5.41) is 15.9. The minimum Gasteiger partial charge on any atom is -0.779 e. The molecule has 0 aliphatic carbocycles. The molecule has 6 amide bonds. The number of ether oxygens (including phenoxy) is 9. The molecule has 9 aromatic rings. The van der Waals surface area contributed by atoms with E-state index in [9.17, 15) is 42.8 Å². The summed E-state index contributed by atoms with van der Waals surface area (Å²) in [6, 6.07) is 27.3. The van der Waals surface area contributed by atoms with Gasteiger partial charge in [-0.3, -0.25) is 29.7 Å². The molecule has 12 heterocycles. The first kappa shape index (κ1) is 75.4. The number of aromatic nitrogens is 12. The molecule has 106 heavy (non-hydrogen) atoms. The second-order valence-corrected chi connectivity index (χ2v) is 30.1. The van der Waals surface area contributed by atoms with Crippen LogP contribution in [-0.4, -0.2) is 197 Å². The highest BCUT2D eigenvalue weighted by molar-refractivity contribution is 7.50. The highest BCUT2D eigenvalue weighted by Gasteiger charge is 2.57. The minimum atomic E-state index is -3.99. The van der Waals surface area contributed by atoms with Crippen LogP contribution in [0.15, 0.2) is 129 Å². The largest absolute Gasteiger partial charge is 0.779 e. The average molecular weight is 1520 g/mol. The van der Waals surface area contributed by atoms with Crippen molar-refractivity contribution in [1.82, 2.24) is 74.5 Å². The monoisotopic (exact) mass is 1520 g/mol. The van der Waals surface area contributed by atoms with E-state index in [0.717, 1.165) is 36.7 Å². The van der Waals surface area contributed by atoms with Crippen molar-refractivity contribution in [3.05, 3.63) is 146 Å². The van der Waals surface area contributed by atoms with Gasteiger partial charge in [0.1, 0.15) is 96.7 Å². The fourth-order valence-corrected chi connectivity index (χ4v) is 13.8. The molecule has 6 saturated heterocycles. The summed E-state index contributed by atoms with van der Waals surface area (Å²) < 4.78 is 111. The molecule has 39 nitrogen and oxygen atoms in total. The molecule has 6 aliphatic heterocycles. The lowest BCUT2D eigenvalue weighted by molar-refractivity contribution is -0.203. The van der Waals surface area contributed by atoms with Gasteiger partial charge in [-0.05, 0) is 26.3 Å². The van der Waals surface area contributed by atoms with Crippen LogP contribution in [0, 0.1) is 0 Å². The third-order valence-corrected chi connectivity index (χ3v) is 18.9. The Morgan fingerprint density at radius 2 is 0.717 bits per heavy atom. The minimum absolute atomic E-state index is 0.220. The second-order valence-electron chi connectivity index (χ2n) is 24.7. The van der Waals surface area contributed by atoms with E-state index in [1.54, 1.807) is 34.5 Å². The van der Waals surface area contributed by atoms with Gasteiger partial charge < -0.3 is 101 Å². The van der Waals surface area contributed by atoms with Crippen LogP contribution in [0.25, 0.3) is 33.5 Å². The lowest BCUT2D eigenvalue weighted by Gasteiger charge is -2.24. The number of nitrogens with zero attached hydrogens (tertiary/aromatic N) is 12. The Bertz CT molecular complexity index is 4500. The number of carbonyl (C=O) groups excluding carboxylic acids is 3. The van der Waals surface area contributed by atoms with Crippen molar-refractivity contribution < 1.29 is 99.0 Å². The lowest BCUT2D eigenvalue weighted by Crippen LogP contribution is -2.32. The predicted octanol–water partition coefficient (Wildman–Crippen LogP) is 4.51. The summed E-state index contributed by atoms with van der Waals surface area (Å²) in [5.41, 5.74) is 4.94. The van der Waals surface area contributed by atoms with Crippen LogP contribution in [0.4, 0.5) is 31.8 Å². The number of anilines is 3. The summed E-state index contributed by atoms with van der Waals surface area (Å²) in [7, 11) is -12.0. The van der Waals surface area contributed by atoms with E-state index >= 15 is 0 Å². The first-order valence-electron chi connectivity index (χ1n) is 33.5. The molecule has 42 heteroatoms. The number of nitrogens with one attached hydrogen (secondary N) is 6. The average Bonchev–Trinajstić information content (AvgIpc) is 1.60. The first-order valence-corrected chi connectivity index (χ1v) is 39.5. The summed E-state index contributed by atoms with van der Waals surface area (Å²) >= 11 is 0. The molecular weight excluding hydrogens is 1450 g/mol. The first-order chi connectivity index (χ1) is 51.0. The zero-order chi connectivity index (χ0) is 74.4. The molecule has 6 fully saturated rings. The van der Waals surface area contributed by atoms with E-state index in [1.165, 1.54) is 38.0 Å². The SMILES string of the molecule is CCNC(=O)Nc1ncnc2c1ncn2[C@@H]1O[C@H](COP(C)(=O)[O-])C2OC(Cc3ccccc3)O[C@@H]21.CCNC(=O)Nc1ncnc2c1ncn2[C@@H]1O[C@H](COP(C)(=O)[O-])C2O[C@@H](c3ccccc3)O[C@@H]21.CCNC(=O)Nc1ncnc2c1ncn2[C@@H]1O[C@H](COP(C)(=O)[O-])C2O[C@H](c3ccccc3)O[C@@H]21. The molecule has 0 saturated carbocycles. The molecule has 6 aliphatic rings. The number of hydrogen-bond donors (Lipinski definition) is 6. The molecule has 6 N–H and O–H groups in total. The molecule has 18 atom stereocenters. The van der Waals surface area contributed by atoms with Crippen LogP contribution < -0.4 is 46.6 Å². The van der Waals surface area contributed by atoms with Gasteiger partial charge in [0.15, 0.2) is 88.5 Å². The lowest BCUT2D eigenvalue weighted by atomic mass is 10.1. The molecular formula is C64H74N18O21P3-3. The van der Waals surface area contributed by atoms with Crippen LogP contribution in [0.2, 0.25) is 0 Å². The fraction of sp³-hybridized carbons (Fsp3) is 0.438. The highest BCUT2D eigenvalue weighted by Crippen LogP contribution is 2.49. The van der Waals surface area contributed by atoms with E-state index in [1.807, 2.05) is 91.0 Å². The van der Waals surface area contributed by atoms with Gasteiger partial charge in [-0.15, -0.1) is 0 Å². The van der Waals surface area contributed by atoms with Crippen LogP contribution >= 0.6 is 22.8 Å². The van der Waals surface area contributed by atoms with Crippen LogP contribution in [0.5, 0.6) is 0 Å². The topological polar surface area (TPSA) is 485 Å². The number of imidazole rings is 3. The van der Waals surface area contributed by atoms with E-state index in [0.29, 0.717) is 59.5 Å². The number of carbonyl (C=O) groups is 3. The maximum atomic E-state index is 12.0. The number of urea groups is 3. The Morgan fingerprint density at radius 3 is 1.05 bits per heavy atom. The van der Waals surface area contributed by atoms with Crippen molar-refractivity contribution in [1.29, 1.82) is 0 Å². The zero-order valence-corrected chi connectivity index (χ0v) is 60.2. The van der Waals surface area contributed by atoms with Gasteiger partial charge in [0.25, 0.3) is 0 Å². The molecule has 7 unspecified atom stereocenters. The fourth-order valence-electron chi connectivity index (χ4n) is 12.5. The van der Waals surface area contributed by atoms with Gasteiger partial charge in [0.2, 0.25) is 0 Å². The number of rotatable bonds is 22. The van der Waals surface area contributed by atoms with Gasteiger partial charge >= 0.3 is 18.1 Å². The zero-order valence-electron chi connectivity index (χ0n) is 57.5. The Morgan fingerprint density at radius 1 is 0.415 bits per heavy atom. The maximum Gasteiger partial charge on any atom is 0.320 e. The number of fused-ring (bicyclic) bond motifs is 6. The third-order valence-electron chi connectivity index (χ3n) is 17.0. The Labute approximate surface area is 603 Å². The van der Waals surface area contributed by atoms with Crippen molar-refractivity contribution in [2.45, 2.75) is 120 Å². The molecule has 0 bridgehead atoms. The van der Waals surface area contributed by atoms with Gasteiger partial charge in [-0.25, -0.2) is 59.2 Å². The Hall–Kier alpha value is -8.79. The molecule has 3 aromatic carbocycles. The smallest absolute Gasteiger partial charge is 0.320 e. The van der Waals surface area contributed by atoms with Crippen molar-refractivity contribution in [3.63, 3.8) is 0 Å². The molecule has 15 rings (SSSR count). The van der Waals surface area contributed by atoms with Gasteiger partial charge in [-0.2, -0.15) is 0 Å². The van der Waals surface area contributed by atoms with E-state index in [2.05, 4.69) is 76.8 Å². The van der Waals surface area contributed by atoms with E-state index < -0.39 is 133 Å². The number of hydrogen-bond acceptors (Lipinski definition) is 30. The Kier molecular flexibility index (Phi) is 23.3. The summed E-state index contributed by atoms with van der Waals surface area (Å²) in [4.78, 5) is 109. The predicted molar refractivity (Wildman–Crippen MR) is 366 cm³/mol.